The molecule has 1 aromatic heterocycles. The molecule has 128 valence electrons. The summed E-state index contributed by atoms with van der Waals surface area (Å²) in [5, 5.41) is 4.05. The Bertz CT molecular complexity index is 932. The molecule has 0 saturated carbocycles. The number of hydrogen-bond donors (Lipinski definition) is 2. The Labute approximate surface area is 144 Å². The SMILES string of the molecule is COc1ccc2[nH]cc(CCNC(=O)c3ccc4c(c3)OCO4)c2c1. The minimum Gasteiger partial charge on any atom is -0.497 e. The summed E-state index contributed by atoms with van der Waals surface area (Å²) in [6.45, 7) is 0.738. The van der Waals surface area contributed by atoms with Gasteiger partial charge in [-0.2, -0.15) is 0 Å². The Balaban J connectivity index is 1.41. The van der Waals surface area contributed by atoms with Crippen LogP contribution in [0.2, 0.25) is 0 Å². The zero-order chi connectivity index (χ0) is 17.2. The van der Waals surface area contributed by atoms with Crippen molar-refractivity contribution >= 4 is 16.8 Å². The highest BCUT2D eigenvalue weighted by Gasteiger charge is 2.16. The maximum Gasteiger partial charge on any atom is 0.251 e. The van der Waals surface area contributed by atoms with Crippen LogP contribution in [0.3, 0.4) is 0 Å². The van der Waals surface area contributed by atoms with Crippen LogP contribution in [0.5, 0.6) is 17.2 Å². The van der Waals surface area contributed by atoms with Crippen molar-refractivity contribution in [1.29, 1.82) is 0 Å². The van der Waals surface area contributed by atoms with Gasteiger partial charge in [0.1, 0.15) is 5.75 Å². The van der Waals surface area contributed by atoms with Crippen molar-refractivity contribution in [3.8, 4) is 17.2 Å². The third kappa shape index (κ3) is 2.98. The number of methoxy groups -OCH3 is 1. The van der Waals surface area contributed by atoms with E-state index in [0.29, 0.717) is 23.6 Å². The molecule has 0 unspecified atom stereocenters. The van der Waals surface area contributed by atoms with E-state index in [1.54, 1.807) is 25.3 Å². The molecule has 0 radical (unpaired) electrons. The Hall–Kier alpha value is -3.15. The average Bonchev–Trinajstić information content (AvgIpc) is 3.27. The molecule has 3 aromatic rings. The zero-order valence-electron chi connectivity index (χ0n) is 13.8. The minimum atomic E-state index is -0.129. The van der Waals surface area contributed by atoms with Crippen LogP contribution < -0.4 is 19.5 Å². The fourth-order valence-corrected chi connectivity index (χ4v) is 2.94. The monoisotopic (exact) mass is 338 g/mol. The number of carbonyl (C=O) groups is 1. The molecular weight excluding hydrogens is 320 g/mol. The van der Waals surface area contributed by atoms with Gasteiger partial charge in [-0.3, -0.25) is 4.79 Å². The summed E-state index contributed by atoms with van der Waals surface area (Å²) >= 11 is 0. The van der Waals surface area contributed by atoms with E-state index in [9.17, 15) is 4.79 Å². The third-order valence-electron chi connectivity index (χ3n) is 4.29. The number of aromatic amines is 1. The van der Waals surface area contributed by atoms with Crippen LogP contribution in [0.15, 0.2) is 42.6 Å². The molecule has 0 spiro atoms. The first kappa shape index (κ1) is 15.4. The molecule has 6 heteroatoms. The molecule has 2 heterocycles. The van der Waals surface area contributed by atoms with E-state index in [1.807, 2.05) is 24.4 Å². The smallest absolute Gasteiger partial charge is 0.251 e. The van der Waals surface area contributed by atoms with Crippen LogP contribution in [-0.2, 0) is 6.42 Å². The molecular formula is C19H18N2O4. The minimum absolute atomic E-state index is 0.129. The van der Waals surface area contributed by atoms with Gasteiger partial charge in [0.25, 0.3) is 5.91 Å². The molecule has 1 aliphatic heterocycles. The summed E-state index contributed by atoms with van der Waals surface area (Å²) in [5.41, 5.74) is 2.75. The molecule has 25 heavy (non-hydrogen) atoms. The van der Waals surface area contributed by atoms with E-state index >= 15 is 0 Å². The van der Waals surface area contributed by atoms with Crippen molar-refractivity contribution < 1.29 is 19.0 Å². The number of hydrogen-bond acceptors (Lipinski definition) is 4. The number of fused-ring (bicyclic) bond motifs is 2. The highest BCUT2D eigenvalue weighted by Crippen LogP contribution is 2.32. The van der Waals surface area contributed by atoms with Crippen molar-refractivity contribution in [1.82, 2.24) is 10.3 Å². The topological polar surface area (TPSA) is 72.6 Å². The Morgan fingerprint density at radius 2 is 2.08 bits per heavy atom. The third-order valence-corrected chi connectivity index (χ3v) is 4.29. The molecule has 6 nitrogen and oxygen atoms in total. The first-order valence-corrected chi connectivity index (χ1v) is 8.06. The molecule has 4 rings (SSSR count). The number of ether oxygens (including phenoxy) is 3. The fraction of sp³-hybridized carbons (Fsp3) is 0.211. The first-order valence-electron chi connectivity index (χ1n) is 8.06. The number of carbonyl (C=O) groups excluding carboxylic acids is 1. The summed E-state index contributed by atoms with van der Waals surface area (Å²) in [6.07, 6.45) is 2.69. The normalized spacial score (nSPS) is 12.4. The standard InChI is InChI=1S/C19H18N2O4/c1-23-14-3-4-16-15(9-14)13(10-21-16)6-7-20-19(22)12-2-5-17-18(8-12)25-11-24-17/h2-5,8-10,21H,6-7,11H2,1H3,(H,20,22). The van der Waals surface area contributed by atoms with Crippen molar-refractivity contribution in [3.05, 3.63) is 53.7 Å². The van der Waals surface area contributed by atoms with Gasteiger partial charge in [-0.15, -0.1) is 0 Å². The van der Waals surface area contributed by atoms with E-state index in [4.69, 9.17) is 14.2 Å². The first-order chi connectivity index (χ1) is 12.2. The molecule has 0 saturated heterocycles. The lowest BCUT2D eigenvalue weighted by atomic mass is 10.1. The van der Waals surface area contributed by atoms with E-state index < -0.39 is 0 Å². The van der Waals surface area contributed by atoms with Crippen LogP contribution in [0.1, 0.15) is 15.9 Å². The number of rotatable bonds is 5. The second-order valence-electron chi connectivity index (χ2n) is 5.80. The summed E-state index contributed by atoms with van der Waals surface area (Å²) in [4.78, 5) is 15.5. The number of H-pyrrole nitrogens is 1. The zero-order valence-corrected chi connectivity index (χ0v) is 13.8. The van der Waals surface area contributed by atoms with Gasteiger partial charge in [0.15, 0.2) is 11.5 Å². The molecule has 0 fully saturated rings. The highest BCUT2D eigenvalue weighted by atomic mass is 16.7. The molecule has 1 amide bonds. The van der Waals surface area contributed by atoms with Crippen molar-refractivity contribution in [2.45, 2.75) is 6.42 Å². The van der Waals surface area contributed by atoms with Gasteiger partial charge in [-0.1, -0.05) is 0 Å². The fourth-order valence-electron chi connectivity index (χ4n) is 2.94. The summed E-state index contributed by atoms with van der Waals surface area (Å²) in [7, 11) is 1.65. The quantitative estimate of drug-likeness (QED) is 0.750. The Morgan fingerprint density at radius 3 is 2.96 bits per heavy atom. The maximum atomic E-state index is 12.3. The van der Waals surface area contributed by atoms with E-state index in [1.165, 1.54) is 0 Å². The van der Waals surface area contributed by atoms with Crippen molar-refractivity contribution in [2.24, 2.45) is 0 Å². The van der Waals surface area contributed by atoms with Crippen LogP contribution in [0.25, 0.3) is 10.9 Å². The molecule has 0 aliphatic carbocycles. The van der Waals surface area contributed by atoms with Gasteiger partial charge in [0.2, 0.25) is 6.79 Å². The number of benzene rings is 2. The summed E-state index contributed by atoms with van der Waals surface area (Å²) in [6, 6.07) is 11.1. The maximum absolute atomic E-state index is 12.3. The van der Waals surface area contributed by atoms with Crippen LogP contribution in [0.4, 0.5) is 0 Å². The van der Waals surface area contributed by atoms with Crippen molar-refractivity contribution in [2.75, 3.05) is 20.4 Å². The lowest BCUT2D eigenvalue weighted by Gasteiger charge is -2.06. The Morgan fingerprint density at radius 1 is 1.20 bits per heavy atom. The lowest BCUT2D eigenvalue weighted by Crippen LogP contribution is -2.25. The Kier molecular flexibility index (Phi) is 3.93. The number of nitrogens with one attached hydrogen (secondary N) is 2. The second-order valence-corrected chi connectivity index (χ2v) is 5.80. The van der Waals surface area contributed by atoms with Gasteiger partial charge < -0.3 is 24.5 Å². The predicted molar refractivity (Wildman–Crippen MR) is 93.5 cm³/mol. The van der Waals surface area contributed by atoms with Crippen LogP contribution >= 0.6 is 0 Å². The summed E-state index contributed by atoms with van der Waals surface area (Å²) in [5.74, 6) is 1.97. The predicted octanol–water partition coefficient (Wildman–Crippen LogP) is 2.88. The summed E-state index contributed by atoms with van der Waals surface area (Å²) < 4.78 is 15.8. The van der Waals surface area contributed by atoms with Gasteiger partial charge >= 0.3 is 0 Å². The van der Waals surface area contributed by atoms with E-state index in [0.717, 1.165) is 28.6 Å². The average molecular weight is 338 g/mol. The van der Waals surface area contributed by atoms with Gasteiger partial charge in [0, 0.05) is 29.2 Å². The molecule has 2 N–H and O–H groups in total. The molecule has 1 aliphatic rings. The van der Waals surface area contributed by atoms with E-state index in [2.05, 4.69) is 10.3 Å². The van der Waals surface area contributed by atoms with Crippen LogP contribution in [0, 0.1) is 0 Å². The van der Waals surface area contributed by atoms with Gasteiger partial charge in [0.05, 0.1) is 7.11 Å². The largest absolute Gasteiger partial charge is 0.497 e. The lowest BCUT2D eigenvalue weighted by molar-refractivity contribution is 0.0953. The molecule has 0 atom stereocenters. The van der Waals surface area contributed by atoms with Crippen LogP contribution in [-0.4, -0.2) is 31.3 Å². The van der Waals surface area contributed by atoms with Gasteiger partial charge in [-0.25, -0.2) is 0 Å². The molecule has 2 aromatic carbocycles. The highest BCUT2D eigenvalue weighted by molar-refractivity contribution is 5.95. The van der Waals surface area contributed by atoms with Crippen molar-refractivity contribution in [3.63, 3.8) is 0 Å². The molecule has 0 bridgehead atoms. The van der Waals surface area contributed by atoms with Gasteiger partial charge in [-0.05, 0) is 48.4 Å². The number of aromatic nitrogens is 1. The van der Waals surface area contributed by atoms with E-state index in [-0.39, 0.29) is 12.7 Å². The second kappa shape index (κ2) is 6.39. The number of amides is 1.